The Morgan fingerprint density at radius 1 is 1.26 bits per heavy atom. The van der Waals surface area contributed by atoms with Crippen LogP contribution in [0.1, 0.15) is 13.8 Å². The Morgan fingerprint density at radius 3 is 2.47 bits per heavy atom. The number of hydrogen-bond acceptors (Lipinski definition) is 2. The Bertz CT molecular complexity index is 673. The molecule has 1 aliphatic rings. The van der Waals surface area contributed by atoms with Crippen molar-refractivity contribution in [2.45, 2.75) is 24.8 Å². The van der Waals surface area contributed by atoms with E-state index in [2.05, 4.69) is 4.52 Å². The van der Waals surface area contributed by atoms with Gasteiger partial charge in [0.05, 0.1) is 4.90 Å². The van der Waals surface area contributed by atoms with Crippen LogP contribution >= 0.6 is 11.6 Å². The summed E-state index contributed by atoms with van der Waals surface area (Å²) in [6.45, 7) is 3.70. The van der Waals surface area contributed by atoms with E-state index in [1.807, 2.05) is 32.1 Å². The van der Waals surface area contributed by atoms with Gasteiger partial charge >= 0.3 is 10.0 Å². The van der Waals surface area contributed by atoms with Crippen LogP contribution in [0.4, 0.5) is 0 Å². The minimum atomic E-state index is -3.72. The lowest BCUT2D eigenvalue weighted by atomic mass is 10.2. The van der Waals surface area contributed by atoms with Crippen LogP contribution in [-0.2, 0) is 10.0 Å². The van der Waals surface area contributed by atoms with Crippen molar-refractivity contribution in [3.63, 3.8) is 0 Å². The second-order valence-corrected chi connectivity index (χ2v) is 6.31. The van der Waals surface area contributed by atoms with Gasteiger partial charge in [0.2, 0.25) is 11.7 Å². The maximum Gasteiger partial charge on any atom is 0.336 e. The normalized spacial score (nSPS) is 21.5. The highest BCUT2D eigenvalue weighted by molar-refractivity contribution is 7.89. The highest BCUT2D eigenvalue weighted by Gasteiger charge is 2.26. The SMILES string of the molecule is CC1=CC=CC(C)[N+]1=NS(=O)(=O)c1ccc(Cl)cc1. The molecular weight excluding hydrogens is 284 g/mol. The lowest BCUT2D eigenvalue weighted by molar-refractivity contribution is -0.561. The first-order chi connectivity index (χ1) is 8.90. The fourth-order valence-electron chi connectivity index (χ4n) is 1.74. The van der Waals surface area contributed by atoms with E-state index in [0.717, 1.165) is 5.70 Å². The summed E-state index contributed by atoms with van der Waals surface area (Å²) in [4.78, 5) is 0.131. The zero-order valence-electron chi connectivity index (χ0n) is 10.6. The Labute approximate surface area is 117 Å². The molecule has 0 fully saturated rings. The van der Waals surface area contributed by atoms with E-state index in [9.17, 15) is 8.42 Å². The minimum absolute atomic E-state index is 0.0907. The third-order valence-corrected chi connectivity index (χ3v) is 4.29. The molecule has 0 saturated heterocycles. The zero-order valence-corrected chi connectivity index (χ0v) is 12.2. The van der Waals surface area contributed by atoms with Gasteiger partial charge in [-0.2, -0.15) is 8.42 Å². The van der Waals surface area contributed by atoms with Gasteiger partial charge in [-0.1, -0.05) is 22.4 Å². The molecule has 4 nitrogen and oxygen atoms in total. The summed E-state index contributed by atoms with van der Waals surface area (Å²) in [5.41, 5.74) is 0.785. The van der Waals surface area contributed by atoms with Gasteiger partial charge in [0, 0.05) is 24.9 Å². The molecule has 0 bridgehead atoms. The van der Waals surface area contributed by atoms with Gasteiger partial charge in [0.1, 0.15) is 4.52 Å². The van der Waals surface area contributed by atoms with Crippen molar-refractivity contribution in [1.29, 1.82) is 0 Å². The lowest BCUT2D eigenvalue weighted by Crippen LogP contribution is -2.22. The van der Waals surface area contributed by atoms with Gasteiger partial charge < -0.3 is 0 Å². The van der Waals surface area contributed by atoms with Crippen molar-refractivity contribution in [3.05, 3.63) is 53.2 Å². The molecule has 1 atom stereocenters. The molecule has 0 saturated carbocycles. The number of allylic oxidation sites excluding steroid dienone is 3. The fraction of sp³-hybridized carbons (Fsp3) is 0.231. The van der Waals surface area contributed by atoms with Crippen LogP contribution in [0.25, 0.3) is 0 Å². The largest absolute Gasteiger partial charge is 0.336 e. The second-order valence-electron chi connectivity index (χ2n) is 4.29. The zero-order chi connectivity index (χ0) is 14.0. The Morgan fingerprint density at radius 2 is 1.89 bits per heavy atom. The Hall–Kier alpha value is -1.46. The average molecular weight is 298 g/mol. The molecule has 0 amide bonds. The Balaban J connectivity index is 2.44. The van der Waals surface area contributed by atoms with E-state index in [1.54, 1.807) is 0 Å². The molecule has 0 aromatic heterocycles. The van der Waals surface area contributed by atoms with E-state index < -0.39 is 10.0 Å². The number of sulfonamides is 1. The quantitative estimate of drug-likeness (QED) is 0.786. The van der Waals surface area contributed by atoms with E-state index in [4.69, 9.17) is 11.6 Å². The van der Waals surface area contributed by atoms with Gasteiger partial charge in [-0.25, -0.2) is 0 Å². The molecule has 6 heteroatoms. The van der Waals surface area contributed by atoms with E-state index in [1.165, 1.54) is 29.0 Å². The van der Waals surface area contributed by atoms with Crippen molar-refractivity contribution in [2.75, 3.05) is 0 Å². The molecule has 1 heterocycles. The molecule has 1 unspecified atom stereocenters. The molecule has 0 spiro atoms. The summed E-state index contributed by atoms with van der Waals surface area (Å²) in [5, 5.41) is 0.490. The van der Waals surface area contributed by atoms with E-state index in [-0.39, 0.29) is 10.9 Å². The van der Waals surface area contributed by atoms with Gasteiger partial charge in [0.25, 0.3) is 0 Å². The highest BCUT2D eigenvalue weighted by atomic mass is 35.5. The van der Waals surface area contributed by atoms with Crippen molar-refractivity contribution in [3.8, 4) is 0 Å². The molecule has 100 valence electrons. The summed E-state index contributed by atoms with van der Waals surface area (Å²) in [5.74, 6) is 0. The predicted molar refractivity (Wildman–Crippen MR) is 73.7 cm³/mol. The number of nitrogens with zero attached hydrogens (tertiary/aromatic N) is 2. The minimum Gasteiger partial charge on any atom is -0.194 e. The maximum absolute atomic E-state index is 12.2. The van der Waals surface area contributed by atoms with Crippen LogP contribution in [0.5, 0.6) is 0 Å². The summed E-state index contributed by atoms with van der Waals surface area (Å²) < 4.78 is 29.8. The molecule has 0 aliphatic carbocycles. The van der Waals surface area contributed by atoms with Gasteiger partial charge in [-0.05, 0) is 30.3 Å². The standard InChI is InChI=1S/C13H14ClN2O2S/c1-10-4-3-5-11(2)16(10)15-19(17,18)13-8-6-12(14)7-9-13/h3-10H,1-2H3/q+1. The van der Waals surface area contributed by atoms with Crippen molar-refractivity contribution in [2.24, 2.45) is 4.52 Å². The number of benzene rings is 1. The van der Waals surface area contributed by atoms with Crippen molar-refractivity contribution in [1.82, 2.24) is 0 Å². The summed E-state index contributed by atoms with van der Waals surface area (Å²) in [6.07, 6.45) is 5.59. The smallest absolute Gasteiger partial charge is 0.194 e. The lowest BCUT2D eigenvalue weighted by Gasteiger charge is -2.07. The van der Waals surface area contributed by atoms with Gasteiger partial charge in [-0.15, -0.1) is 0 Å². The first kappa shape index (κ1) is 14.0. The maximum atomic E-state index is 12.2. The van der Waals surface area contributed by atoms with Crippen LogP contribution in [0, 0.1) is 0 Å². The van der Waals surface area contributed by atoms with Crippen LogP contribution in [0.2, 0.25) is 5.02 Å². The molecule has 19 heavy (non-hydrogen) atoms. The fourth-order valence-corrected chi connectivity index (χ4v) is 2.95. The van der Waals surface area contributed by atoms with Crippen LogP contribution in [-0.4, -0.2) is 19.2 Å². The van der Waals surface area contributed by atoms with Crippen molar-refractivity contribution >= 4 is 21.6 Å². The van der Waals surface area contributed by atoms with Crippen LogP contribution in [0.15, 0.2) is 57.6 Å². The molecule has 1 aromatic rings. The number of halogens is 1. The molecule has 0 radical (unpaired) electrons. The molecule has 2 rings (SSSR count). The Kier molecular flexibility index (Phi) is 3.87. The predicted octanol–water partition coefficient (Wildman–Crippen LogP) is 3.36. The van der Waals surface area contributed by atoms with E-state index in [0.29, 0.717) is 5.02 Å². The van der Waals surface area contributed by atoms with Gasteiger partial charge in [0.15, 0.2) is 0 Å². The third kappa shape index (κ3) is 3.11. The summed E-state index contributed by atoms with van der Waals surface area (Å²) >= 11 is 5.75. The number of rotatable bonds is 2. The first-order valence-electron chi connectivity index (χ1n) is 5.78. The monoisotopic (exact) mass is 297 g/mol. The molecule has 1 aromatic carbocycles. The first-order valence-corrected chi connectivity index (χ1v) is 7.60. The highest BCUT2D eigenvalue weighted by Crippen LogP contribution is 2.19. The van der Waals surface area contributed by atoms with Gasteiger partial charge in [-0.3, -0.25) is 0 Å². The third-order valence-electron chi connectivity index (χ3n) is 2.78. The van der Waals surface area contributed by atoms with Crippen molar-refractivity contribution < 1.29 is 13.1 Å². The molecular formula is C13H14ClN2O2S+. The topological polar surface area (TPSA) is 49.5 Å². The van der Waals surface area contributed by atoms with Crippen LogP contribution in [0.3, 0.4) is 0 Å². The summed E-state index contributed by atoms with van der Waals surface area (Å²) in [6, 6.07) is 5.88. The number of hydrogen-bond donors (Lipinski definition) is 0. The molecule has 0 N–H and O–H groups in total. The molecule has 1 aliphatic heterocycles. The second kappa shape index (κ2) is 5.27. The van der Waals surface area contributed by atoms with E-state index >= 15 is 0 Å². The summed E-state index contributed by atoms with van der Waals surface area (Å²) in [7, 11) is -3.72. The van der Waals surface area contributed by atoms with Crippen LogP contribution < -0.4 is 0 Å². The average Bonchev–Trinajstić information content (AvgIpc) is 2.35.